The van der Waals surface area contributed by atoms with Crippen molar-refractivity contribution in [2.24, 2.45) is 0 Å². The molecular weight excluding hydrogens is 654 g/mol. The maximum absolute atomic E-state index is 14.7. The van der Waals surface area contributed by atoms with Crippen LogP contribution in [0.5, 0.6) is 0 Å². The van der Waals surface area contributed by atoms with Gasteiger partial charge >= 0.3 is 12.4 Å². The number of halogens is 6. The van der Waals surface area contributed by atoms with E-state index in [0.717, 1.165) is 22.7 Å². The van der Waals surface area contributed by atoms with Crippen LogP contribution in [0.4, 0.5) is 32.2 Å². The lowest BCUT2D eigenvalue weighted by Gasteiger charge is -2.40. The summed E-state index contributed by atoms with van der Waals surface area (Å²) in [5.74, 6) is 0.707. The highest BCUT2D eigenvalue weighted by Crippen LogP contribution is 2.48. The van der Waals surface area contributed by atoms with E-state index in [0.29, 0.717) is 53.1 Å². The van der Waals surface area contributed by atoms with E-state index in [1.807, 2.05) is 47.5 Å². The van der Waals surface area contributed by atoms with Crippen LogP contribution < -0.4 is 4.90 Å². The summed E-state index contributed by atoms with van der Waals surface area (Å²) >= 11 is 0. The van der Waals surface area contributed by atoms with E-state index in [2.05, 4.69) is 21.9 Å². The molecule has 256 valence electrons. The van der Waals surface area contributed by atoms with Crippen LogP contribution in [0.1, 0.15) is 42.3 Å². The lowest BCUT2D eigenvalue weighted by molar-refractivity contribution is -0.138. The molecule has 11 heteroatoms. The van der Waals surface area contributed by atoms with Gasteiger partial charge in [-0.15, -0.1) is 0 Å². The molecule has 0 radical (unpaired) electrons. The number of hydrogen-bond donors (Lipinski definition) is 3. The van der Waals surface area contributed by atoms with Gasteiger partial charge in [0.15, 0.2) is 0 Å². The second-order valence-electron chi connectivity index (χ2n) is 13.3. The summed E-state index contributed by atoms with van der Waals surface area (Å²) in [5, 5.41) is 0.905. The molecule has 3 aromatic carbocycles. The van der Waals surface area contributed by atoms with Crippen LogP contribution in [0.2, 0.25) is 0 Å². The van der Waals surface area contributed by atoms with Crippen LogP contribution in [-0.2, 0) is 22.5 Å². The van der Waals surface area contributed by atoms with Gasteiger partial charge in [-0.25, -0.2) is 0 Å². The Kier molecular flexibility index (Phi) is 7.52. The van der Waals surface area contributed by atoms with Crippen LogP contribution >= 0.6 is 0 Å². The molecule has 5 heterocycles. The summed E-state index contributed by atoms with van der Waals surface area (Å²) in [4.78, 5) is 11.6. The molecule has 5 nitrogen and oxygen atoms in total. The van der Waals surface area contributed by atoms with Crippen molar-refractivity contribution in [3.63, 3.8) is 0 Å². The van der Waals surface area contributed by atoms with E-state index in [4.69, 9.17) is 4.74 Å². The first-order valence-electron chi connectivity index (χ1n) is 16.3. The number of nitrogens with zero attached hydrogens (tertiary/aromatic N) is 1. The molecule has 0 aliphatic carbocycles. The molecular formula is C39H32F6N4O. The summed E-state index contributed by atoms with van der Waals surface area (Å²) in [6.07, 6.45) is -3.19. The lowest BCUT2D eigenvalue weighted by atomic mass is 9.73. The number of anilines is 1. The summed E-state index contributed by atoms with van der Waals surface area (Å²) < 4.78 is 91.9. The average molecular weight is 687 g/mol. The molecule has 3 aromatic heterocycles. The number of nitrogens with one attached hydrogen (secondary N) is 3. The smallest absolute Gasteiger partial charge is 0.373 e. The summed E-state index contributed by atoms with van der Waals surface area (Å²) in [6.45, 7) is 2.58. The zero-order chi connectivity index (χ0) is 34.8. The van der Waals surface area contributed by atoms with E-state index in [1.54, 1.807) is 36.5 Å². The standard InChI is InChI=1S/C39H32F6N4O/c1-37(36-33(27-10-2-4-12-29(27)48-36)23-8-6-9-26(19-23)38(40,41)42)15-17-50-31(20-37)24-18-25(22-49(21-24)32-14-7-16-46-32)35-34(39(43,44)45)28-11-3-5-13-30(28)47-35/h2-14,16,18-19,21,31,46-48H,15,17,20,22H2,1H3. The third kappa shape index (κ3) is 5.59. The van der Waals surface area contributed by atoms with Crippen LogP contribution in [-0.4, -0.2) is 34.2 Å². The number of aromatic nitrogens is 3. The normalized spacial score (nSPS) is 20.4. The highest BCUT2D eigenvalue weighted by atomic mass is 19.4. The van der Waals surface area contributed by atoms with Gasteiger partial charge in [-0.3, -0.25) is 0 Å². The van der Waals surface area contributed by atoms with Crippen molar-refractivity contribution in [2.45, 2.75) is 43.6 Å². The molecule has 2 unspecified atom stereocenters. The zero-order valence-electron chi connectivity index (χ0n) is 26.8. The van der Waals surface area contributed by atoms with Crippen LogP contribution in [0.25, 0.3) is 38.5 Å². The Labute approximate surface area is 283 Å². The molecule has 0 bridgehead atoms. The largest absolute Gasteiger partial charge is 0.419 e. The van der Waals surface area contributed by atoms with E-state index < -0.39 is 35.0 Å². The van der Waals surface area contributed by atoms with E-state index in [1.165, 1.54) is 18.2 Å². The minimum atomic E-state index is -4.61. The first-order chi connectivity index (χ1) is 23.9. The molecule has 50 heavy (non-hydrogen) atoms. The van der Waals surface area contributed by atoms with Crippen LogP contribution in [0, 0.1) is 0 Å². The monoisotopic (exact) mass is 686 g/mol. The van der Waals surface area contributed by atoms with Crippen molar-refractivity contribution in [1.82, 2.24) is 15.0 Å². The molecule has 2 atom stereocenters. The number of ether oxygens (including phenoxy) is 1. The van der Waals surface area contributed by atoms with Crippen molar-refractivity contribution in [2.75, 3.05) is 18.1 Å². The number of H-pyrrole nitrogens is 3. The van der Waals surface area contributed by atoms with Crippen molar-refractivity contribution in [1.29, 1.82) is 0 Å². The van der Waals surface area contributed by atoms with Gasteiger partial charge in [-0.1, -0.05) is 55.5 Å². The van der Waals surface area contributed by atoms with Crippen LogP contribution in [0.15, 0.2) is 109 Å². The SMILES string of the molecule is CC1(c2[nH]c3ccccc3c2-c2cccc(C(F)(F)F)c2)CCOC(C2=CN(c3ccc[nH]3)CC(c3[nH]c4ccccc4c3C(F)(F)F)=C2)C1. The average Bonchev–Trinajstić information content (AvgIpc) is 3.86. The fourth-order valence-corrected chi connectivity index (χ4v) is 7.54. The first-order valence-corrected chi connectivity index (χ1v) is 16.3. The molecule has 0 spiro atoms. The fourth-order valence-electron chi connectivity index (χ4n) is 7.54. The Bertz CT molecular complexity index is 2270. The quantitative estimate of drug-likeness (QED) is 0.158. The van der Waals surface area contributed by atoms with E-state index in [-0.39, 0.29) is 17.6 Å². The molecule has 2 aliphatic rings. The predicted molar refractivity (Wildman–Crippen MR) is 183 cm³/mol. The molecule has 1 fully saturated rings. The number of alkyl halides is 6. The number of rotatable bonds is 5. The highest BCUT2D eigenvalue weighted by Gasteiger charge is 2.42. The molecule has 3 N–H and O–H groups in total. The van der Waals surface area contributed by atoms with E-state index >= 15 is 0 Å². The molecule has 2 aliphatic heterocycles. The molecule has 1 saturated heterocycles. The van der Waals surface area contributed by atoms with Crippen molar-refractivity contribution >= 4 is 33.2 Å². The van der Waals surface area contributed by atoms with Crippen molar-refractivity contribution in [3.8, 4) is 11.1 Å². The van der Waals surface area contributed by atoms with Crippen molar-refractivity contribution < 1.29 is 31.1 Å². The third-order valence-electron chi connectivity index (χ3n) is 9.96. The van der Waals surface area contributed by atoms with Crippen LogP contribution in [0.3, 0.4) is 0 Å². The van der Waals surface area contributed by atoms with Gasteiger partial charge in [0.1, 0.15) is 5.82 Å². The predicted octanol–water partition coefficient (Wildman–Crippen LogP) is 10.6. The Balaban J connectivity index is 1.23. The van der Waals surface area contributed by atoms with Crippen molar-refractivity contribution in [3.05, 3.63) is 131 Å². The topological polar surface area (TPSA) is 59.8 Å². The molecule has 8 rings (SSSR count). The fraction of sp³-hybridized carbons (Fsp3) is 0.231. The number of aromatic amines is 3. The summed E-state index contributed by atoms with van der Waals surface area (Å²) in [7, 11) is 0. The van der Waals surface area contributed by atoms with E-state index in [9.17, 15) is 26.3 Å². The van der Waals surface area contributed by atoms with Gasteiger partial charge in [0.25, 0.3) is 0 Å². The summed E-state index contributed by atoms with van der Waals surface area (Å²) in [6, 6.07) is 23.0. The van der Waals surface area contributed by atoms with Gasteiger partial charge in [0.2, 0.25) is 0 Å². The summed E-state index contributed by atoms with van der Waals surface area (Å²) in [5.41, 5.74) is 2.24. The maximum atomic E-state index is 14.7. The lowest BCUT2D eigenvalue weighted by Crippen LogP contribution is -2.39. The maximum Gasteiger partial charge on any atom is 0.419 e. The first kappa shape index (κ1) is 32.1. The Morgan fingerprint density at radius 2 is 1.56 bits per heavy atom. The third-order valence-corrected chi connectivity index (χ3v) is 9.96. The second kappa shape index (κ2) is 11.7. The van der Waals surface area contributed by atoms with Gasteiger partial charge in [-0.05, 0) is 72.0 Å². The Morgan fingerprint density at radius 3 is 2.28 bits per heavy atom. The number of hydrogen-bond acceptors (Lipinski definition) is 2. The molecule has 6 aromatic rings. The Hall–Kier alpha value is -5.16. The van der Waals surface area contributed by atoms with Gasteiger partial charge < -0.3 is 24.6 Å². The minimum Gasteiger partial charge on any atom is -0.373 e. The number of fused-ring (bicyclic) bond motifs is 2. The highest BCUT2D eigenvalue weighted by molar-refractivity contribution is 5.98. The second-order valence-corrected chi connectivity index (χ2v) is 13.3. The van der Waals surface area contributed by atoms with Gasteiger partial charge in [0, 0.05) is 57.5 Å². The Morgan fingerprint density at radius 1 is 0.820 bits per heavy atom. The minimum absolute atomic E-state index is 0.00174. The molecule has 0 saturated carbocycles. The number of para-hydroxylation sites is 2. The number of benzene rings is 3. The van der Waals surface area contributed by atoms with Gasteiger partial charge in [-0.2, -0.15) is 26.3 Å². The molecule has 0 amide bonds. The van der Waals surface area contributed by atoms with Gasteiger partial charge in [0.05, 0.1) is 29.5 Å². The zero-order valence-corrected chi connectivity index (χ0v) is 26.8.